The molecule has 0 N–H and O–H groups in total. The zero-order chi connectivity index (χ0) is 18.2. The zero-order valence-electron chi connectivity index (χ0n) is 15.3. The average molecular weight is 343 g/mol. The van der Waals surface area contributed by atoms with Gasteiger partial charge in [0.25, 0.3) is 0 Å². The van der Waals surface area contributed by atoms with Crippen LogP contribution in [0.5, 0.6) is 0 Å². The highest BCUT2D eigenvalue weighted by Crippen LogP contribution is 2.24. The quantitative estimate of drug-likeness (QED) is 0.802. The lowest BCUT2D eigenvalue weighted by Crippen LogP contribution is -2.29. The normalized spacial score (nSPS) is 15.0. The molecule has 0 spiro atoms. The van der Waals surface area contributed by atoms with Crippen LogP contribution in [0.15, 0.2) is 23.1 Å². The molecule has 0 unspecified atom stereocenters. The number of ether oxygens (including phenoxy) is 1. The number of carbonyl (C=O) groups is 1. The molecular weight excluding hydrogens is 318 g/mol. The minimum atomic E-state index is -0.587. The number of hydrogen-bond acceptors (Lipinski definition) is 5. The second-order valence-electron chi connectivity index (χ2n) is 7.37. The molecule has 0 atom stereocenters. The third-order valence-corrected chi connectivity index (χ3v) is 4.48. The van der Waals surface area contributed by atoms with Gasteiger partial charge in [0.05, 0.1) is 12.0 Å². The van der Waals surface area contributed by atoms with Gasteiger partial charge in [-0.2, -0.15) is 0 Å². The highest BCUT2D eigenvalue weighted by Gasteiger charge is 2.24. The Morgan fingerprint density at radius 2 is 1.92 bits per heavy atom. The molecule has 0 aliphatic carbocycles. The van der Waals surface area contributed by atoms with E-state index in [1.165, 1.54) is 0 Å². The van der Waals surface area contributed by atoms with E-state index in [0.29, 0.717) is 11.0 Å². The van der Waals surface area contributed by atoms with Gasteiger partial charge >= 0.3 is 5.97 Å². The first-order chi connectivity index (χ1) is 11.8. The SMILES string of the molecule is CCOC(=O)c1cn(C(C)(C)C)c2nc(N3CCCC3)ccc2c1=O. The summed E-state index contributed by atoms with van der Waals surface area (Å²) in [6, 6.07) is 3.65. The van der Waals surface area contributed by atoms with Gasteiger partial charge in [0.2, 0.25) is 5.43 Å². The van der Waals surface area contributed by atoms with E-state index in [0.717, 1.165) is 31.7 Å². The van der Waals surface area contributed by atoms with Crippen LogP contribution < -0.4 is 10.3 Å². The van der Waals surface area contributed by atoms with E-state index in [2.05, 4.69) is 4.90 Å². The fraction of sp³-hybridized carbons (Fsp3) is 0.526. The molecule has 1 aliphatic heterocycles. The summed E-state index contributed by atoms with van der Waals surface area (Å²) >= 11 is 0. The van der Waals surface area contributed by atoms with E-state index in [9.17, 15) is 9.59 Å². The molecule has 25 heavy (non-hydrogen) atoms. The Morgan fingerprint density at radius 1 is 1.24 bits per heavy atom. The molecule has 1 fully saturated rings. The predicted octanol–water partition coefficient (Wildman–Crippen LogP) is 2.93. The van der Waals surface area contributed by atoms with Crippen LogP contribution in [-0.2, 0) is 10.3 Å². The Labute approximate surface area is 147 Å². The summed E-state index contributed by atoms with van der Waals surface area (Å²) in [7, 11) is 0. The number of esters is 1. The van der Waals surface area contributed by atoms with Crippen molar-refractivity contribution in [1.82, 2.24) is 9.55 Å². The summed E-state index contributed by atoms with van der Waals surface area (Å²) < 4.78 is 6.95. The number of pyridine rings is 2. The third-order valence-electron chi connectivity index (χ3n) is 4.48. The molecule has 134 valence electrons. The summed E-state index contributed by atoms with van der Waals surface area (Å²) in [5.74, 6) is 0.294. The van der Waals surface area contributed by atoms with Crippen molar-refractivity contribution in [1.29, 1.82) is 0 Å². The fourth-order valence-corrected chi connectivity index (χ4v) is 3.18. The molecule has 0 amide bonds. The lowest BCUT2D eigenvalue weighted by molar-refractivity contribution is 0.0524. The molecule has 0 bridgehead atoms. The van der Waals surface area contributed by atoms with E-state index in [4.69, 9.17) is 9.72 Å². The van der Waals surface area contributed by atoms with Gasteiger partial charge < -0.3 is 14.2 Å². The lowest BCUT2D eigenvalue weighted by Gasteiger charge is -2.26. The number of aromatic nitrogens is 2. The van der Waals surface area contributed by atoms with Crippen molar-refractivity contribution in [3.05, 3.63) is 34.1 Å². The molecule has 0 aromatic carbocycles. The molecular formula is C19H25N3O3. The molecule has 2 aromatic rings. The number of rotatable bonds is 3. The standard InChI is InChI=1S/C19H25N3O3/c1-5-25-18(24)14-12-22(19(2,3)4)17-13(16(14)23)8-9-15(20-17)21-10-6-7-11-21/h8-9,12H,5-7,10-11H2,1-4H3. The first-order valence-electron chi connectivity index (χ1n) is 8.82. The van der Waals surface area contributed by atoms with Crippen LogP contribution >= 0.6 is 0 Å². The third kappa shape index (κ3) is 3.25. The molecule has 2 aromatic heterocycles. The Morgan fingerprint density at radius 3 is 2.52 bits per heavy atom. The topological polar surface area (TPSA) is 64.4 Å². The van der Waals surface area contributed by atoms with Crippen LogP contribution in [0.4, 0.5) is 5.82 Å². The van der Waals surface area contributed by atoms with E-state index >= 15 is 0 Å². The van der Waals surface area contributed by atoms with Gasteiger partial charge in [0.1, 0.15) is 17.0 Å². The van der Waals surface area contributed by atoms with Crippen LogP contribution in [0, 0.1) is 0 Å². The van der Waals surface area contributed by atoms with Gasteiger partial charge in [-0.3, -0.25) is 4.79 Å². The first-order valence-corrected chi connectivity index (χ1v) is 8.82. The van der Waals surface area contributed by atoms with Crippen molar-refractivity contribution in [3.63, 3.8) is 0 Å². The highest BCUT2D eigenvalue weighted by atomic mass is 16.5. The summed E-state index contributed by atoms with van der Waals surface area (Å²) in [4.78, 5) is 32.0. The molecule has 6 nitrogen and oxygen atoms in total. The van der Waals surface area contributed by atoms with Gasteiger partial charge in [-0.15, -0.1) is 0 Å². The zero-order valence-corrected chi connectivity index (χ0v) is 15.3. The summed E-state index contributed by atoms with van der Waals surface area (Å²) in [6.07, 6.45) is 3.91. The van der Waals surface area contributed by atoms with Gasteiger partial charge in [0.15, 0.2) is 0 Å². The van der Waals surface area contributed by atoms with E-state index < -0.39 is 5.97 Å². The van der Waals surface area contributed by atoms with Crippen LogP contribution in [0.2, 0.25) is 0 Å². The van der Waals surface area contributed by atoms with Gasteiger partial charge in [-0.25, -0.2) is 9.78 Å². The second-order valence-corrected chi connectivity index (χ2v) is 7.37. The Kier molecular flexibility index (Phi) is 4.54. The minimum absolute atomic E-state index is 0.0556. The van der Waals surface area contributed by atoms with Gasteiger partial charge in [-0.1, -0.05) is 0 Å². The number of hydrogen-bond donors (Lipinski definition) is 0. The van der Waals surface area contributed by atoms with Crippen LogP contribution in [0.25, 0.3) is 11.0 Å². The second kappa shape index (κ2) is 6.50. The van der Waals surface area contributed by atoms with Gasteiger partial charge in [-0.05, 0) is 52.7 Å². The molecule has 6 heteroatoms. The smallest absolute Gasteiger partial charge is 0.343 e. The number of carbonyl (C=O) groups excluding carboxylic acids is 1. The Balaban J connectivity index is 2.24. The van der Waals surface area contributed by atoms with Crippen LogP contribution in [0.1, 0.15) is 50.9 Å². The van der Waals surface area contributed by atoms with Crippen molar-refractivity contribution in [2.75, 3.05) is 24.6 Å². The predicted molar refractivity (Wildman–Crippen MR) is 98.4 cm³/mol. The molecule has 0 radical (unpaired) electrons. The monoisotopic (exact) mass is 343 g/mol. The van der Waals surface area contributed by atoms with E-state index in [1.807, 2.05) is 31.4 Å². The fourth-order valence-electron chi connectivity index (χ4n) is 3.18. The molecule has 0 saturated carbocycles. The number of fused-ring (bicyclic) bond motifs is 1. The van der Waals surface area contributed by atoms with Gasteiger partial charge in [0, 0.05) is 24.8 Å². The van der Waals surface area contributed by atoms with E-state index in [-0.39, 0.29) is 23.1 Å². The van der Waals surface area contributed by atoms with E-state index in [1.54, 1.807) is 19.2 Å². The van der Waals surface area contributed by atoms with Crippen molar-refractivity contribution in [2.24, 2.45) is 0 Å². The van der Waals surface area contributed by atoms with Crippen LogP contribution in [0.3, 0.4) is 0 Å². The average Bonchev–Trinajstić information content (AvgIpc) is 3.08. The van der Waals surface area contributed by atoms with Crippen molar-refractivity contribution >= 4 is 22.8 Å². The Hall–Kier alpha value is -2.37. The largest absolute Gasteiger partial charge is 0.462 e. The summed E-state index contributed by atoms with van der Waals surface area (Å²) in [5, 5.41) is 0.448. The summed E-state index contributed by atoms with van der Waals surface area (Å²) in [6.45, 7) is 10.0. The lowest BCUT2D eigenvalue weighted by atomic mass is 10.1. The van der Waals surface area contributed by atoms with Crippen molar-refractivity contribution < 1.29 is 9.53 Å². The maximum Gasteiger partial charge on any atom is 0.343 e. The molecule has 3 rings (SSSR count). The first kappa shape index (κ1) is 17.5. The molecule has 3 heterocycles. The maximum absolute atomic E-state index is 12.8. The molecule has 1 saturated heterocycles. The number of nitrogens with zero attached hydrogens (tertiary/aromatic N) is 3. The molecule has 1 aliphatic rings. The number of anilines is 1. The Bertz CT molecular complexity index is 859. The maximum atomic E-state index is 12.8. The van der Waals surface area contributed by atoms with Crippen LogP contribution in [-0.4, -0.2) is 35.2 Å². The minimum Gasteiger partial charge on any atom is -0.462 e. The van der Waals surface area contributed by atoms with Crippen molar-refractivity contribution in [2.45, 2.75) is 46.1 Å². The van der Waals surface area contributed by atoms with Crippen molar-refractivity contribution in [3.8, 4) is 0 Å². The summed E-state index contributed by atoms with van der Waals surface area (Å²) in [5.41, 5.74) is 0.00784. The highest BCUT2D eigenvalue weighted by molar-refractivity contribution is 5.93.